The second kappa shape index (κ2) is 4.54. The van der Waals surface area contributed by atoms with E-state index in [1.807, 2.05) is 13.1 Å². The van der Waals surface area contributed by atoms with E-state index in [9.17, 15) is 0 Å². The van der Waals surface area contributed by atoms with E-state index in [1.165, 1.54) is 0 Å². The summed E-state index contributed by atoms with van der Waals surface area (Å²) in [5.41, 5.74) is 0. The topological polar surface area (TPSA) is 61.0 Å². The van der Waals surface area contributed by atoms with Crippen LogP contribution in [0.4, 0.5) is 0 Å². The van der Waals surface area contributed by atoms with Crippen molar-refractivity contribution >= 4 is 11.3 Å². The number of hydrogen-bond acceptors (Lipinski definition) is 6. The lowest BCUT2D eigenvalue weighted by Gasteiger charge is -2.00. The highest BCUT2D eigenvalue weighted by Crippen LogP contribution is 2.23. The van der Waals surface area contributed by atoms with Crippen LogP contribution in [0.2, 0.25) is 0 Å². The van der Waals surface area contributed by atoms with E-state index in [1.54, 1.807) is 11.3 Å². The molecule has 1 saturated heterocycles. The summed E-state index contributed by atoms with van der Waals surface area (Å²) in [5, 5.41) is 4.78. The quantitative estimate of drug-likeness (QED) is 0.835. The van der Waals surface area contributed by atoms with Gasteiger partial charge in [-0.25, -0.2) is 4.98 Å². The molecular weight excluding hydrogens is 238 g/mol. The normalized spacial score (nSPS) is 19.9. The Morgan fingerprint density at radius 3 is 3.18 bits per heavy atom. The van der Waals surface area contributed by atoms with Crippen LogP contribution in [0.15, 0.2) is 10.7 Å². The van der Waals surface area contributed by atoms with Gasteiger partial charge in [-0.1, -0.05) is 5.16 Å². The molecule has 0 spiro atoms. The van der Waals surface area contributed by atoms with E-state index >= 15 is 0 Å². The van der Waals surface area contributed by atoms with Gasteiger partial charge >= 0.3 is 0 Å². The number of nitrogens with zero attached hydrogens (tertiary/aromatic N) is 3. The van der Waals surface area contributed by atoms with Crippen LogP contribution < -0.4 is 0 Å². The fraction of sp³-hybridized carbons (Fsp3) is 0.545. The molecule has 0 aromatic carbocycles. The molecule has 5 nitrogen and oxygen atoms in total. The van der Waals surface area contributed by atoms with Gasteiger partial charge in [-0.05, 0) is 19.3 Å². The summed E-state index contributed by atoms with van der Waals surface area (Å²) in [6, 6.07) is 0. The Balaban J connectivity index is 1.73. The first-order chi connectivity index (χ1) is 8.31. The summed E-state index contributed by atoms with van der Waals surface area (Å²) in [6.07, 6.45) is 3.70. The van der Waals surface area contributed by atoms with Gasteiger partial charge < -0.3 is 9.26 Å². The van der Waals surface area contributed by atoms with E-state index in [2.05, 4.69) is 15.1 Å². The summed E-state index contributed by atoms with van der Waals surface area (Å²) < 4.78 is 10.6. The predicted octanol–water partition coefficient (Wildman–Crippen LogP) is 2.08. The van der Waals surface area contributed by atoms with Crippen LogP contribution in [0.25, 0.3) is 10.8 Å². The summed E-state index contributed by atoms with van der Waals surface area (Å²) in [5.74, 6) is 1.79. The molecule has 0 saturated carbocycles. The van der Waals surface area contributed by atoms with Gasteiger partial charge in [0.15, 0.2) is 5.01 Å². The first-order valence-electron chi connectivity index (χ1n) is 5.64. The maximum Gasteiger partial charge on any atom is 0.231 e. The maximum absolute atomic E-state index is 5.32. The highest BCUT2D eigenvalue weighted by atomic mass is 32.1. The molecule has 2 aromatic heterocycles. The summed E-state index contributed by atoms with van der Waals surface area (Å²) in [7, 11) is 0. The Kier molecular flexibility index (Phi) is 2.90. The predicted molar refractivity (Wildman–Crippen MR) is 62.8 cm³/mol. The van der Waals surface area contributed by atoms with Crippen molar-refractivity contribution in [2.75, 3.05) is 13.2 Å². The second-order valence-corrected chi connectivity index (χ2v) is 5.46. The van der Waals surface area contributed by atoms with E-state index < -0.39 is 0 Å². The number of hydrogen-bond donors (Lipinski definition) is 0. The molecule has 0 unspecified atom stereocenters. The molecule has 1 aliphatic rings. The van der Waals surface area contributed by atoms with Crippen molar-refractivity contribution in [3.63, 3.8) is 0 Å². The molecular formula is C11H13N3O2S. The molecule has 1 aliphatic heterocycles. The number of ether oxygens (including phenoxy) is 1. The van der Waals surface area contributed by atoms with Crippen LogP contribution in [0.5, 0.6) is 0 Å². The van der Waals surface area contributed by atoms with Crippen LogP contribution in [0.1, 0.15) is 17.2 Å². The summed E-state index contributed by atoms with van der Waals surface area (Å²) in [4.78, 5) is 9.76. The number of aromatic nitrogens is 3. The zero-order valence-corrected chi connectivity index (χ0v) is 10.4. The molecule has 0 radical (unpaired) electrons. The minimum absolute atomic E-state index is 0.515. The Labute approximate surface area is 103 Å². The molecule has 3 rings (SSSR count). The third-order valence-electron chi connectivity index (χ3n) is 2.77. The molecule has 0 aliphatic carbocycles. The smallest absolute Gasteiger partial charge is 0.231 e. The number of rotatable bonds is 3. The van der Waals surface area contributed by atoms with Crippen LogP contribution in [0, 0.1) is 12.8 Å². The maximum atomic E-state index is 5.32. The van der Waals surface area contributed by atoms with Gasteiger partial charge in [0.1, 0.15) is 0 Å². The van der Waals surface area contributed by atoms with Crippen LogP contribution in [0.3, 0.4) is 0 Å². The zero-order valence-electron chi connectivity index (χ0n) is 9.55. The van der Waals surface area contributed by atoms with E-state index in [-0.39, 0.29) is 0 Å². The average molecular weight is 251 g/mol. The zero-order chi connectivity index (χ0) is 11.7. The fourth-order valence-corrected chi connectivity index (χ4v) is 2.56. The lowest BCUT2D eigenvalue weighted by Crippen LogP contribution is -2.03. The fourth-order valence-electron chi connectivity index (χ4n) is 1.87. The standard InChI is InChI=1S/C11H13N3O2S/c1-7-5-12-11(17-7)10-13-9(16-14-10)4-8-2-3-15-6-8/h5,8H,2-4,6H2,1H3/t8-/m1/s1. The van der Waals surface area contributed by atoms with Crippen LogP contribution in [-0.4, -0.2) is 28.3 Å². The number of aryl methyl sites for hydroxylation is 1. The van der Waals surface area contributed by atoms with Crippen molar-refractivity contribution in [1.29, 1.82) is 0 Å². The molecule has 3 heterocycles. The van der Waals surface area contributed by atoms with E-state index in [0.29, 0.717) is 17.6 Å². The summed E-state index contributed by atoms with van der Waals surface area (Å²) >= 11 is 1.58. The largest absolute Gasteiger partial charge is 0.381 e. The van der Waals surface area contributed by atoms with Gasteiger partial charge in [-0.3, -0.25) is 0 Å². The van der Waals surface area contributed by atoms with Crippen molar-refractivity contribution in [3.8, 4) is 10.8 Å². The van der Waals surface area contributed by atoms with Gasteiger partial charge in [-0.2, -0.15) is 4.98 Å². The van der Waals surface area contributed by atoms with Crippen molar-refractivity contribution in [3.05, 3.63) is 17.0 Å². The van der Waals surface area contributed by atoms with Gasteiger partial charge in [0.05, 0.1) is 0 Å². The number of thiazole rings is 1. The SMILES string of the molecule is Cc1cnc(-c2noc(C[C@H]3CCOC3)n2)s1. The third kappa shape index (κ3) is 2.37. The molecule has 2 aromatic rings. The summed E-state index contributed by atoms with van der Waals surface area (Å²) in [6.45, 7) is 3.66. The second-order valence-electron chi connectivity index (χ2n) is 4.22. The monoisotopic (exact) mass is 251 g/mol. The van der Waals surface area contributed by atoms with Crippen LogP contribution in [-0.2, 0) is 11.2 Å². The molecule has 17 heavy (non-hydrogen) atoms. The van der Waals surface area contributed by atoms with E-state index in [0.717, 1.165) is 35.9 Å². The molecule has 0 bridgehead atoms. The molecule has 0 N–H and O–H groups in total. The molecule has 1 atom stereocenters. The van der Waals surface area contributed by atoms with Gasteiger partial charge in [0.2, 0.25) is 11.7 Å². The van der Waals surface area contributed by atoms with Crippen molar-refractivity contribution in [2.24, 2.45) is 5.92 Å². The van der Waals surface area contributed by atoms with Crippen molar-refractivity contribution in [1.82, 2.24) is 15.1 Å². The van der Waals surface area contributed by atoms with Crippen LogP contribution >= 0.6 is 11.3 Å². The Hall–Kier alpha value is -1.27. The first kappa shape index (κ1) is 10.9. The van der Waals surface area contributed by atoms with Gasteiger partial charge in [-0.15, -0.1) is 11.3 Å². The van der Waals surface area contributed by atoms with E-state index in [4.69, 9.17) is 9.26 Å². The molecule has 1 fully saturated rings. The first-order valence-corrected chi connectivity index (χ1v) is 6.46. The van der Waals surface area contributed by atoms with Crippen molar-refractivity contribution in [2.45, 2.75) is 19.8 Å². The van der Waals surface area contributed by atoms with Crippen molar-refractivity contribution < 1.29 is 9.26 Å². The molecule has 0 amide bonds. The Bertz CT molecular complexity index is 502. The Morgan fingerprint density at radius 2 is 2.47 bits per heavy atom. The minimum Gasteiger partial charge on any atom is -0.381 e. The van der Waals surface area contributed by atoms with Gasteiger partial charge in [0.25, 0.3) is 0 Å². The highest BCUT2D eigenvalue weighted by Gasteiger charge is 2.20. The minimum atomic E-state index is 0.515. The molecule has 6 heteroatoms. The van der Waals surface area contributed by atoms with Gasteiger partial charge in [0, 0.05) is 30.7 Å². The lowest BCUT2D eigenvalue weighted by molar-refractivity contribution is 0.183. The molecule has 90 valence electrons. The lowest BCUT2D eigenvalue weighted by atomic mass is 10.1. The Morgan fingerprint density at radius 1 is 1.53 bits per heavy atom. The third-order valence-corrected chi connectivity index (χ3v) is 3.68. The highest BCUT2D eigenvalue weighted by molar-refractivity contribution is 7.14. The average Bonchev–Trinajstić information content (AvgIpc) is 2.99.